The highest BCUT2D eigenvalue weighted by molar-refractivity contribution is 6.34. The van der Waals surface area contributed by atoms with Crippen molar-refractivity contribution in [3.05, 3.63) is 81.1 Å². The van der Waals surface area contributed by atoms with Crippen LogP contribution >= 0.6 is 23.2 Å². The zero-order valence-corrected chi connectivity index (χ0v) is 34.1. The van der Waals surface area contributed by atoms with Gasteiger partial charge in [0, 0.05) is 18.9 Å². The Bertz CT molecular complexity index is 1520. The van der Waals surface area contributed by atoms with Crippen LogP contribution < -0.4 is 11.1 Å². The number of terminal acetylenes is 2. The number of hydrogen-bond acceptors (Lipinski definition) is 5. The van der Waals surface area contributed by atoms with Crippen molar-refractivity contribution in [1.29, 1.82) is 0 Å². The number of amides is 2. The second kappa shape index (κ2) is 33.0. The molecule has 2 fully saturated rings. The van der Waals surface area contributed by atoms with Crippen molar-refractivity contribution < 1.29 is 24.3 Å². The van der Waals surface area contributed by atoms with E-state index in [9.17, 15) is 19.2 Å². The summed E-state index contributed by atoms with van der Waals surface area (Å²) in [5.41, 5.74) is 5.32. The van der Waals surface area contributed by atoms with E-state index >= 15 is 0 Å². The molecule has 2 aliphatic rings. The Morgan fingerprint density at radius 3 is 1.80 bits per heavy atom. The quantitative estimate of drug-likeness (QED) is 0.0849. The Morgan fingerprint density at radius 2 is 1.42 bits per heavy atom. The standard InChI is InChI=1S/C22H29ClN2O2.C7H5ClO2.C7H12O.C5H9N.C3H5N/c1-3-5-15-24-21(26)20(17-11-7-6-8-12-17)25(16-4-2)22(27)18-13-9-10-14-19(18)23;8-6-4-2-1-3-5(6)7(9)10;8-6-7-4-2-1-3-5-7;1-3-4-5-6-2;1-2-3-4/h2,9-10,13-14,17,20H,3,5-8,11-12,15-16H2,1H3,(H,24,26);1-4H,(H,9,10);6-7H,1-5H2;3-5H2,1H3;1H,3-4H2. The van der Waals surface area contributed by atoms with Gasteiger partial charge in [-0.15, -0.1) is 12.8 Å². The minimum atomic E-state index is -0.995. The van der Waals surface area contributed by atoms with Gasteiger partial charge >= 0.3 is 5.97 Å². The maximum Gasteiger partial charge on any atom is 0.337 e. The molecule has 11 heteroatoms. The number of halogens is 2. The summed E-state index contributed by atoms with van der Waals surface area (Å²) in [6, 6.07) is 12.7. The van der Waals surface area contributed by atoms with Gasteiger partial charge < -0.3 is 30.7 Å². The van der Waals surface area contributed by atoms with Gasteiger partial charge in [0.15, 0.2) is 0 Å². The average Bonchev–Trinajstić information content (AvgIpc) is 3.21. The summed E-state index contributed by atoms with van der Waals surface area (Å²) in [5, 5.41) is 12.1. The number of nitrogens with one attached hydrogen (secondary N) is 1. The molecular weight excluding hydrogens is 735 g/mol. The first-order valence-electron chi connectivity index (χ1n) is 19.2. The van der Waals surface area contributed by atoms with Gasteiger partial charge in [-0.3, -0.25) is 9.59 Å². The van der Waals surface area contributed by atoms with Gasteiger partial charge in [-0.05, 0) is 68.7 Å². The van der Waals surface area contributed by atoms with E-state index in [2.05, 4.69) is 42.3 Å². The third-order valence-corrected chi connectivity index (χ3v) is 9.50. The Labute approximate surface area is 339 Å². The van der Waals surface area contributed by atoms with Crippen LogP contribution in [0.2, 0.25) is 10.0 Å². The number of carbonyl (C=O) groups excluding carboxylic acids is 3. The molecule has 2 aromatic rings. The summed E-state index contributed by atoms with van der Waals surface area (Å²) in [4.78, 5) is 51.5. The second-order valence-corrected chi connectivity index (χ2v) is 13.9. The molecule has 0 saturated heterocycles. The topological polar surface area (TPSA) is 134 Å². The highest BCUT2D eigenvalue weighted by Crippen LogP contribution is 2.31. The number of hydrogen-bond donors (Lipinski definition) is 3. The molecule has 0 aromatic heterocycles. The number of nitrogens with zero attached hydrogens (tertiary/aromatic N) is 2. The number of carbonyl (C=O) groups is 4. The van der Waals surface area contributed by atoms with E-state index in [0.29, 0.717) is 36.1 Å². The van der Waals surface area contributed by atoms with Crippen molar-refractivity contribution in [3.63, 3.8) is 0 Å². The second-order valence-electron chi connectivity index (χ2n) is 13.1. The fourth-order valence-corrected chi connectivity index (χ4v) is 6.31. The average molecular weight is 796 g/mol. The van der Waals surface area contributed by atoms with E-state index in [4.69, 9.17) is 47.0 Å². The van der Waals surface area contributed by atoms with Crippen molar-refractivity contribution in [3.8, 4) is 24.7 Å². The molecule has 300 valence electrons. The summed E-state index contributed by atoms with van der Waals surface area (Å²) < 4.78 is 0. The highest BCUT2D eigenvalue weighted by Gasteiger charge is 2.37. The van der Waals surface area contributed by atoms with Crippen LogP contribution in [0.3, 0.4) is 0 Å². The van der Waals surface area contributed by atoms with E-state index in [0.717, 1.165) is 70.5 Å². The number of benzene rings is 2. The first-order valence-corrected chi connectivity index (χ1v) is 20.0. The zero-order valence-electron chi connectivity index (χ0n) is 32.6. The van der Waals surface area contributed by atoms with Gasteiger partial charge in [-0.2, -0.15) is 0 Å². The number of carboxylic acid groups (broad SMARTS) is 1. The van der Waals surface area contributed by atoms with Gasteiger partial charge in [0.1, 0.15) is 12.3 Å². The zero-order chi connectivity index (χ0) is 41.3. The molecule has 1 atom stereocenters. The Balaban J connectivity index is 0.000000839. The van der Waals surface area contributed by atoms with Crippen LogP contribution in [0.5, 0.6) is 0 Å². The lowest BCUT2D eigenvalue weighted by atomic mass is 9.82. The molecule has 0 radical (unpaired) electrons. The maximum absolute atomic E-state index is 13.2. The van der Waals surface area contributed by atoms with E-state index in [-0.39, 0.29) is 34.9 Å². The number of aldehydes is 1. The molecule has 2 saturated carbocycles. The van der Waals surface area contributed by atoms with Crippen LogP contribution in [-0.2, 0) is 9.59 Å². The predicted octanol–water partition coefficient (Wildman–Crippen LogP) is 9.37. The smallest absolute Gasteiger partial charge is 0.337 e. The summed E-state index contributed by atoms with van der Waals surface area (Å²) in [7, 11) is 0. The van der Waals surface area contributed by atoms with E-state index in [1.807, 2.05) is 0 Å². The first kappa shape index (κ1) is 50.7. The molecule has 0 heterocycles. The molecule has 0 spiro atoms. The number of nitrogens with two attached hydrogens (primary N) is 1. The molecule has 2 aromatic carbocycles. The highest BCUT2D eigenvalue weighted by atomic mass is 35.5. The largest absolute Gasteiger partial charge is 0.478 e. The van der Waals surface area contributed by atoms with Crippen LogP contribution in [0, 0.1) is 43.1 Å². The molecule has 55 heavy (non-hydrogen) atoms. The van der Waals surface area contributed by atoms with E-state index < -0.39 is 12.0 Å². The summed E-state index contributed by atoms with van der Waals surface area (Å²) >= 11 is 11.8. The summed E-state index contributed by atoms with van der Waals surface area (Å²) in [5.74, 6) is 3.92. The van der Waals surface area contributed by atoms with Crippen LogP contribution in [0.25, 0.3) is 4.85 Å². The van der Waals surface area contributed by atoms with Crippen molar-refractivity contribution in [2.45, 2.75) is 110 Å². The van der Waals surface area contributed by atoms with Gasteiger partial charge in [0.2, 0.25) is 12.5 Å². The summed E-state index contributed by atoms with van der Waals surface area (Å²) in [6.07, 6.45) is 26.8. The first-order chi connectivity index (χ1) is 26.6. The van der Waals surface area contributed by atoms with Crippen LogP contribution in [0.15, 0.2) is 48.5 Å². The SMILES string of the molecule is C#CCN.C#CCN(C(=O)c1ccccc1Cl)C(C(=O)NCCCC)C1CCCCC1.O=C(O)c1ccccc1Cl.O=CC1CCCCC1.[C-]#[N+]CCCC. The summed E-state index contributed by atoms with van der Waals surface area (Å²) in [6.45, 7) is 12.3. The number of rotatable bonds is 12. The number of aromatic carboxylic acids is 1. The minimum Gasteiger partial charge on any atom is -0.478 e. The lowest BCUT2D eigenvalue weighted by Crippen LogP contribution is -2.54. The number of carboxylic acids is 1. The molecule has 2 amide bonds. The van der Waals surface area contributed by atoms with Crippen LogP contribution in [0.4, 0.5) is 0 Å². The monoisotopic (exact) mass is 794 g/mol. The molecule has 2 aliphatic carbocycles. The van der Waals surface area contributed by atoms with Crippen LogP contribution in [-0.4, -0.2) is 66.3 Å². The van der Waals surface area contributed by atoms with Gasteiger partial charge in [0.25, 0.3) is 5.91 Å². The number of unbranched alkanes of at least 4 members (excludes halogenated alkanes) is 2. The molecule has 4 N–H and O–H groups in total. The molecule has 1 unspecified atom stereocenters. The van der Waals surface area contributed by atoms with Crippen molar-refractivity contribution >= 4 is 47.3 Å². The fraction of sp³-hybridized carbons (Fsp3) is 0.523. The minimum absolute atomic E-state index is 0.0897. The lowest BCUT2D eigenvalue weighted by molar-refractivity contribution is -0.127. The van der Waals surface area contributed by atoms with E-state index in [1.54, 1.807) is 47.4 Å². The van der Waals surface area contributed by atoms with E-state index in [1.165, 1.54) is 31.7 Å². The van der Waals surface area contributed by atoms with Gasteiger partial charge in [-0.25, -0.2) is 11.4 Å². The van der Waals surface area contributed by atoms with Crippen LogP contribution in [0.1, 0.15) is 124 Å². The third kappa shape index (κ3) is 22.0. The molecule has 9 nitrogen and oxygen atoms in total. The molecule has 0 bridgehead atoms. The molecular formula is C44H60Cl2N4O5. The van der Waals surface area contributed by atoms with Crippen molar-refractivity contribution in [1.82, 2.24) is 10.2 Å². The Hall–Kier alpha value is -4.33. The van der Waals surface area contributed by atoms with Gasteiger partial charge in [0.05, 0.1) is 34.3 Å². The lowest BCUT2D eigenvalue weighted by Gasteiger charge is -2.37. The fourth-order valence-electron chi connectivity index (χ4n) is 5.88. The predicted molar refractivity (Wildman–Crippen MR) is 225 cm³/mol. The Kier molecular flexibility index (Phi) is 30.4. The normalized spacial score (nSPS) is 13.9. The Morgan fingerprint density at radius 1 is 0.909 bits per heavy atom. The maximum atomic E-state index is 13.2. The van der Waals surface area contributed by atoms with Gasteiger partial charge in [-0.1, -0.05) is 118 Å². The third-order valence-electron chi connectivity index (χ3n) is 8.84. The van der Waals surface area contributed by atoms with Crippen molar-refractivity contribution in [2.24, 2.45) is 17.6 Å². The van der Waals surface area contributed by atoms with Crippen molar-refractivity contribution in [2.75, 3.05) is 26.2 Å². The molecule has 0 aliphatic heterocycles. The molecule has 4 rings (SSSR count).